The van der Waals surface area contributed by atoms with E-state index >= 15 is 0 Å². The van der Waals surface area contributed by atoms with Crippen LogP contribution in [0.3, 0.4) is 0 Å². The minimum Gasteiger partial charge on any atom is -0.481 e. The Morgan fingerprint density at radius 2 is 2.23 bits per heavy atom. The number of likely N-dealkylation sites (N-methyl/N-ethyl adjacent to an activating group) is 1. The molecular formula is C17H24N2O3. The van der Waals surface area contributed by atoms with E-state index in [4.69, 9.17) is 4.74 Å². The maximum absolute atomic E-state index is 12.1. The minimum absolute atomic E-state index is 0.0215. The molecule has 5 heteroatoms. The third-order valence-corrected chi connectivity index (χ3v) is 4.11. The van der Waals surface area contributed by atoms with Crippen molar-refractivity contribution in [3.63, 3.8) is 0 Å². The van der Waals surface area contributed by atoms with Crippen LogP contribution in [-0.4, -0.2) is 48.9 Å². The quantitative estimate of drug-likeness (QED) is 0.815. The van der Waals surface area contributed by atoms with E-state index in [1.807, 2.05) is 0 Å². The second-order valence-electron chi connectivity index (χ2n) is 5.87. The molecule has 1 aromatic rings. The molecule has 1 aliphatic rings. The van der Waals surface area contributed by atoms with Gasteiger partial charge in [0.15, 0.2) is 11.9 Å². The number of nitrogens with one attached hydrogen (secondary N) is 1. The zero-order valence-electron chi connectivity index (χ0n) is 13.5. The predicted octanol–water partition coefficient (Wildman–Crippen LogP) is 1.87. The van der Waals surface area contributed by atoms with Crippen molar-refractivity contribution in [3.05, 3.63) is 29.8 Å². The highest BCUT2D eigenvalue weighted by molar-refractivity contribution is 5.94. The largest absolute Gasteiger partial charge is 0.481 e. The van der Waals surface area contributed by atoms with E-state index < -0.39 is 6.10 Å². The SMILES string of the molecule is CC(=O)c1cccc(OC(C)C(=O)NCC2CCCN2C)c1. The summed E-state index contributed by atoms with van der Waals surface area (Å²) in [7, 11) is 2.08. The van der Waals surface area contributed by atoms with Crippen molar-refractivity contribution in [2.45, 2.75) is 38.8 Å². The molecule has 0 saturated carbocycles. The molecular weight excluding hydrogens is 280 g/mol. The van der Waals surface area contributed by atoms with Crippen molar-refractivity contribution in [1.29, 1.82) is 0 Å². The maximum atomic E-state index is 12.1. The maximum Gasteiger partial charge on any atom is 0.260 e. The van der Waals surface area contributed by atoms with E-state index in [1.54, 1.807) is 31.2 Å². The second-order valence-corrected chi connectivity index (χ2v) is 5.87. The van der Waals surface area contributed by atoms with E-state index in [9.17, 15) is 9.59 Å². The lowest BCUT2D eigenvalue weighted by molar-refractivity contribution is -0.127. The summed E-state index contributed by atoms with van der Waals surface area (Å²) in [6.07, 6.45) is 1.71. The highest BCUT2D eigenvalue weighted by Crippen LogP contribution is 2.16. The summed E-state index contributed by atoms with van der Waals surface area (Å²) < 4.78 is 5.63. The smallest absolute Gasteiger partial charge is 0.260 e. The van der Waals surface area contributed by atoms with Crippen molar-refractivity contribution in [2.24, 2.45) is 0 Å². The van der Waals surface area contributed by atoms with Crippen molar-refractivity contribution < 1.29 is 14.3 Å². The van der Waals surface area contributed by atoms with Crippen LogP contribution in [0.5, 0.6) is 5.75 Å². The molecule has 22 heavy (non-hydrogen) atoms. The Morgan fingerprint density at radius 1 is 1.45 bits per heavy atom. The van der Waals surface area contributed by atoms with Crippen LogP contribution in [0, 0.1) is 0 Å². The van der Waals surface area contributed by atoms with Crippen molar-refractivity contribution in [3.8, 4) is 5.75 Å². The van der Waals surface area contributed by atoms with Gasteiger partial charge in [-0.3, -0.25) is 9.59 Å². The zero-order valence-corrected chi connectivity index (χ0v) is 13.5. The Morgan fingerprint density at radius 3 is 2.86 bits per heavy atom. The van der Waals surface area contributed by atoms with Gasteiger partial charge in [0.2, 0.25) is 0 Å². The van der Waals surface area contributed by atoms with Gasteiger partial charge in [0.05, 0.1) is 0 Å². The van der Waals surface area contributed by atoms with Crippen molar-refractivity contribution in [1.82, 2.24) is 10.2 Å². The van der Waals surface area contributed by atoms with Gasteiger partial charge in [0.1, 0.15) is 5.75 Å². The number of rotatable bonds is 6. The normalized spacial score (nSPS) is 19.7. The molecule has 1 amide bonds. The van der Waals surface area contributed by atoms with Crippen LogP contribution in [0.25, 0.3) is 0 Å². The average Bonchev–Trinajstić information content (AvgIpc) is 2.90. The molecule has 5 nitrogen and oxygen atoms in total. The van der Waals surface area contributed by atoms with E-state index in [2.05, 4.69) is 17.3 Å². The van der Waals surface area contributed by atoms with Crippen LogP contribution < -0.4 is 10.1 Å². The first-order chi connectivity index (χ1) is 10.5. The van der Waals surface area contributed by atoms with Crippen LogP contribution in [0.2, 0.25) is 0 Å². The summed E-state index contributed by atoms with van der Waals surface area (Å²) in [6.45, 7) is 4.96. The number of hydrogen-bond acceptors (Lipinski definition) is 4. The fourth-order valence-corrected chi connectivity index (χ4v) is 2.65. The summed E-state index contributed by atoms with van der Waals surface area (Å²) in [5, 5.41) is 2.94. The first kappa shape index (κ1) is 16.5. The Kier molecular flexibility index (Phi) is 5.55. The lowest BCUT2D eigenvalue weighted by atomic mass is 10.1. The molecule has 0 spiro atoms. The molecule has 2 rings (SSSR count). The van der Waals surface area contributed by atoms with Crippen LogP contribution in [-0.2, 0) is 4.79 Å². The molecule has 2 atom stereocenters. The van der Waals surface area contributed by atoms with E-state index in [-0.39, 0.29) is 11.7 Å². The third kappa shape index (κ3) is 4.31. The van der Waals surface area contributed by atoms with Crippen LogP contribution >= 0.6 is 0 Å². The van der Waals surface area contributed by atoms with Crippen molar-refractivity contribution >= 4 is 11.7 Å². The standard InChI is InChI=1S/C17H24N2O3/c1-12(20)14-6-4-8-16(10-14)22-13(2)17(21)18-11-15-7-5-9-19(15)3/h4,6,8,10,13,15H,5,7,9,11H2,1-3H3,(H,18,21). The number of ketones is 1. The minimum atomic E-state index is -0.589. The number of carbonyl (C=O) groups excluding carboxylic acids is 2. The molecule has 1 aliphatic heterocycles. The van der Waals surface area contributed by atoms with Gasteiger partial charge in [-0.1, -0.05) is 12.1 Å². The van der Waals surface area contributed by atoms with Gasteiger partial charge < -0.3 is 15.0 Å². The summed E-state index contributed by atoms with van der Waals surface area (Å²) in [5.74, 6) is 0.383. The van der Waals surface area contributed by atoms with E-state index in [0.717, 1.165) is 13.0 Å². The van der Waals surface area contributed by atoms with Gasteiger partial charge in [-0.15, -0.1) is 0 Å². The summed E-state index contributed by atoms with van der Waals surface area (Å²) in [6, 6.07) is 7.31. The van der Waals surface area contributed by atoms with E-state index in [1.165, 1.54) is 13.3 Å². The van der Waals surface area contributed by atoms with Gasteiger partial charge in [-0.05, 0) is 52.4 Å². The molecule has 0 bridgehead atoms. The lowest BCUT2D eigenvalue weighted by Gasteiger charge is -2.21. The van der Waals surface area contributed by atoms with E-state index in [0.29, 0.717) is 23.9 Å². The predicted molar refractivity (Wildman–Crippen MR) is 85.2 cm³/mol. The molecule has 1 fully saturated rings. The molecule has 1 saturated heterocycles. The average molecular weight is 304 g/mol. The Bertz CT molecular complexity index is 544. The molecule has 1 N–H and O–H groups in total. The number of amides is 1. The van der Waals surface area contributed by atoms with Crippen molar-refractivity contribution in [2.75, 3.05) is 20.1 Å². The van der Waals surface area contributed by atoms with Crippen LogP contribution in [0.15, 0.2) is 24.3 Å². The fraction of sp³-hybridized carbons (Fsp3) is 0.529. The van der Waals surface area contributed by atoms with Gasteiger partial charge in [0.25, 0.3) is 5.91 Å². The first-order valence-electron chi connectivity index (χ1n) is 7.73. The monoisotopic (exact) mass is 304 g/mol. The Hall–Kier alpha value is -1.88. The Balaban J connectivity index is 1.85. The number of nitrogens with zero attached hydrogens (tertiary/aromatic N) is 1. The molecule has 120 valence electrons. The number of hydrogen-bond donors (Lipinski definition) is 1. The topological polar surface area (TPSA) is 58.6 Å². The van der Waals surface area contributed by atoms with Gasteiger partial charge in [-0.2, -0.15) is 0 Å². The zero-order chi connectivity index (χ0) is 16.1. The lowest BCUT2D eigenvalue weighted by Crippen LogP contribution is -2.43. The summed E-state index contributed by atoms with van der Waals surface area (Å²) in [4.78, 5) is 25.7. The molecule has 1 aromatic carbocycles. The third-order valence-electron chi connectivity index (χ3n) is 4.11. The first-order valence-corrected chi connectivity index (χ1v) is 7.73. The molecule has 0 aliphatic carbocycles. The van der Waals surface area contributed by atoms with Crippen LogP contribution in [0.4, 0.5) is 0 Å². The fourth-order valence-electron chi connectivity index (χ4n) is 2.65. The number of likely N-dealkylation sites (tertiary alicyclic amines) is 1. The molecule has 0 radical (unpaired) electrons. The number of Topliss-reactive ketones (excluding diaryl/α,β-unsaturated/α-hetero) is 1. The van der Waals surface area contributed by atoms with Gasteiger partial charge in [0, 0.05) is 18.2 Å². The molecule has 2 unspecified atom stereocenters. The number of benzene rings is 1. The highest BCUT2D eigenvalue weighted by atomic mass is 16.5. The molecule has 1 heterocycles. The number of carbonyl (C=O) groups is 2. The number of ether oxygens (including phenoxy) is 1. The summed E-state index contributed by atoms with van der Waals surface area (Å²) >= 11 is 0. The second kappa shape index (κ2) is 7.40. The van der Waals surface area contributed by atoms with Gasteiger partial charge >= 0.3 is 0 Å². The Labute approximate surface area is 131 Å². The van der Waals surface area contributed by atoms with Gasteiger partial charge in [-0.25, -0.2) is 0 Å². The summed E-state index contributed by atoms with van der Waals surface area (Å²) in [5.41, 5.74) is 0.581. The van der Waals surface area contributed by atoms with Crippen LogP contribution in [0.1, 0.15) is 37.0 Å². The molecule has 0 aromatic heterocycles. The highest BCUT2D eigenvalue weighted by Gasteiger charge is 2.22.